The van der Waals surface area contributed by atoms with E-state index < -0.39 is 15.9 Å². The minimum atomic E-state index is -4.22. The Hall–Kier alpha value is -2.30. The van der Waals surface area contributed by atoms with Crippen LogP contribution in [0.4, 0.5) is 4.39 Å². The molecule has 0 heterocycles. The van der Waals surface area contributed by atoms with Crippen LogP contribution in [0.25, 0.3) is 0 Å². The van der Waals surface area contributed by atoms with Gasteiger partial charge in [0.1, 0.15) is 10.7 Å². The summed E-state index contributed by atoms with van der Waals surface area (Å²) in [6.45, 7) is 0. The van der Waals surface area contributed by atoms with Crippen LogP contribution in [-0.4, -0.2) is 15.5 Å². The quantitative estimate of drug-likeness (QED) is 0.798. The molecule has 2 aromatic carbocycles. The second-order valence-electron chi connectivity index (χ2n) is 4.09. The number of rotatable bonds is 4. The smallest absolute Gasteiger partial charge is 0.339 e. The summed E-state index contributed by atoms with van der Waals surface area (Å²) in [6, 6.07) is 8.81. The topological polar surface area (TPSA) is 76.4 Å². The molecule has 0 aliphatic heterocycles. The first-order valence-corrected chi connectivity index (χ1v) is 7.63. The predicted octanol–water partition coefficient (Wildman–Crippen LogP) is 3.13. The average Bonchev–Trinajstić information content (AvgIpc) is 2.50. The van der Waals surface area contributed by atoms with Gasteiger partial charge in [0.05, 0.1) is 23.8 Å². The van der Waals surface area contributed by atoms with E-state index >= 15 is 0 Å². The maximum absolute atomic E-state index is 13.1. The summed E-state index contributed by atoms with van der Waals surface area (Å²) in [5.41, 5.74) is 0.284. The highest BCUT2D eigenvalue weighted by molar-refractivity contribution is 7.87. The van der Waals surface area contributed by atoms with Crippen molar-refractivity contribution in [3.63, 3.8) is 0 Å². The molecule has 0 fully saturated rings. The van der Waals surface area contributed by atoms with Crippen LogP contribution in [0, 0.1) is 17.1 Å². The highest BCUT2D eigenvalue weighted by Crippen LogP contribution is 2.31. The Morgan fingerprint density at radius 1 is 1.18 bits per heavy atom. The number of hydrogen-bond donors (Lipinski definition) is 0. The van der Waals surface area contributed by atoms with Crippen molar-refractivity contribution in [1.29, 1.82) is 5.26 Å². The van der Waals surface area contributed by atoms with Gasteiger partial charge in [-0.15, -0.1) is 0 Å². The molecule has 0 atom stereocenters. The monoisotopic (exact) mass is 341 g/mol. The fourth-order valence-electron chi connectivity index (χ4n) is 1.60. The summed E-state index contributed by atoms with van der Waals surface area (Å²) in [4.78, 5) is -0.301. The molecule has 0 bridgehead atoms. The molecule has 2 rings (SSSR count). The third kappa shape index (κ3) is 3.30. The molecule has 0 aliphatic rings. The van der Waals surface area contributed by atoms with E-state index in [1.54, 1.807) is 0 Å². The molecule has 0 unspecified atom stereocenters. The van der Waals surface area contributed by atoms with Crippen LogP contribution in [0.15, 0.2) is 41.3 Å². The number of hydrogen-bond acceptors (Lipinski definition) is 5. The summed E-state index contributed by atoms with van der Waals surface area (Å²) >= 11 is 5.57. The van der Waals surface area contributed by atoms with Gasteiger partial charge in [0, 0.05) is 6.07 Å². The van der Waals surface area contributed by atoms with E-state index in [4.69, 9.17) is 25.8 Å². The zero-order chi connectivity index (χ0) is 16.3. The third-order valence-corrected chi connectivity index (χ3v) is 4.19. The average molecular weight is 342 g/mol. The van der Waals surface area contributed by atoms with Gasteiger partial charge in [0.15, 0.2) is 11.5 Å². The van der Waals surface area contributed by atoms with Crippen LogP contribution in [0.2, 0.25) is 5.02 Å². The van der Waals surface area contributed by atoms with E-state index in [2.05, 4.69) is 0 Å². The number of nitriles is 1. The fourth-order valence-corrected chi connectivity index (χ4v) is 2.82. The van der Waals surface area contributed by atoms with Crippen LogP contribution < -0.4 is 8.92 Å². The molecule has 0 radical (unpaired) electrons. The van der Waals surface area contributed by atoms with Gasteiger partial charge < -0.3 is 8.92 Å². The molecule has 0 aliphatic carbocycles. The van der Waals surface area contributed by atoms with Gasteiger partial charge in [-0.25, -0.2) is 4.39 Å². The SMILES string of the molecule is COc1cc(C#N)ccc1OS(=O)(=O)c1ccc(F)c(Cl)c1. The molecule has 5 nitrogen and oxygen atoms in total. The van der Waals surface area contributed by atoms with Gasteiger partial charge >= 0.3 is 10.1 Å². The van der Waals surface area contributed by atoms with Crippen molar-refractivity contribution < 1.29 is 21.7 Å². The molecule has 0 saturated heterocycles. The lowest BCUT2D eigenvalue weighted by Crippen LogP contribution is -2.10. The zero-order valence-electron chi connectivity index (χ0n) is 11.2. The normalized spacial score (nSPS) is 10.8. The van der Waals surface area contributed by atoms with E-state index in [9.17, 15) is 12.8 Å². The van der Waals surface area contributed by atoms with Gasteiger partial charge in [-0.05, 0) is 30.3 Å². The van der Waals surface area contributed by atoms with E-state index in [0.717, 1.165) is 18.2 Å². The third-order valence-electron chi connectivity index (χ3n) is 2.67. The van der Waals surface area contributed by atoms with E-state index in [1.807, 2.05) is 6.07 Å². The van der Waals surface area contributed by atoms with Crippen molar-refractivity contribution in [1.82, 2.24) is 0 Å². The Morgan fingerprint density at radius 2 is 1.91 bits per heavy atom. The highest BCUT2D eigenvalue weighted by Gasteiger charge is 2.20. The molecule has 0 N–H and O–H groups in total. The molecular weight excluding hydrogens is 333 g/mol. The van der Waals surface area contributed by atoms with E-state index in [-0.39, 0.29) is 27.0 Å². The lowest BCUT2D eigenvalue weighted by Gasteiger charge is -2.11. The first kappa shape index (κ1) is 16.1. The predicted molar refractivity (Wildman–Crippen MR) is 76.9 cm³/mol. The standard InChI is InChI=1S/C14H9ClFNO4S/c1-20-14-6-9(8-17)2-5-13(14)21-22(18,19)10-3-4-12(16)11(15)7-10/h2-7H,1H3. The Labute approximate surface area is 131 Å². The van der Waals surface area contributed by atoms with Crippen molar-refractivity contribution in [3.05, 3.63) is 52.8 Å². The Balaban J connectivity index is 2.40. The van der Waals surface area contributed by atoms with Crippen molar-refractivity contribution in [3.8, 4) is 17.6 Å². The largest absolute Gasteiger partial charge is 0.493 e. The summed E-state index contributed by atoms with van der Waals surface area (Å²) in [6.07, 6.45) is 0. The first-order valence-electron chi connectivity index (χ1n) is 5.85. The number of benzene rings is 2. The summed E-state index contributed by atoms with van der Waals surface area (Å²) in [5, 5.41) is 8.46. The Bertz CT molecular complexity index is 862. The molecule has 0 saturated carbocycles. The summed E-state index contributed by atoms with van der Waals surface area (Å²) in [7, 11) is -2.91. The molecule has 2 aromatic rings. The fraction of sp³-hybridized carbons (Fsp3) is 0.0714. The summed E-state index contributed by atoms with van der Waals surface area (Å²) in [5.74, 6) is -0.755. The van der Waals surface area contributed by atoms with Crippen LogP contribution in [0.1, 0.15) is 5.56 Å². The van der Waals surface area contributed by atoms with E-state index in [1.165, 1.54) is 25.3 Å². The minimum absolute atomic E-state index is 0.0795. The molecule has 0 spiro atoms. The van der Waals surface area contributed by atoms with Gasteiger partial charge in [0.25, 0.3) is 0 Å². The molecule has 0 amide bonds. The van der Waals surface area contributed by atoms with Crippen LogP contribution in [0.5, 0.6) is 11.5 Å². The Morgan fingerprint density at radius 3 is 2.50 bits per heavy atom. The molecule has 0 aromatic heterocycles. The van der Waals surface area contributed by atoms with Crippen LogP contribution in [0.3, 0.4) is 0 Å². The second kappa shape index (κ2) is 6.22. The lowest BCUT2D eigenvalue weighted by atomic mass is 10.2. The van der Waals surface area contributed by atoms with Gasteiger partial charge in [-0.3, -0.25) is 0 Å². The van der Waals surface area contributed by atoms with Crippen molar-refractivity contribution >= 4 is 21.7 Å². The number of nitrogens with zero attached hydrogens (tertiary/aromatic N) is 1. The van der Waals surface area contributed by atoms with Crippen molar-refractivity contribution in [2.75, 3.05) is 7.11 Å². The summed E-state index contributed by atoms with van der Waals surface area (Å²) < 4.78 is 47.4. The molecule has 114 valence electrons. The van der Waals surface area contributed by atoms with Gasteiger partial charge in [-0.2, -0.15) is 13.7 Å². The zero-order valence-corrected chi connectivity index (χ0v) is 12.8. The maximum atomic E-state index is 13.1. The molecule has 22 heavy (non-hydrogen) atoms. The second-order valence-corrected chi connectivity index (χ2v) is 6.04. The maximum Gasteiger partial charge on any atom is 0.339 e. The minimum Gasteiger partial charge on any atom is -0.493 e. The highest BCUT2D eigenvalue weighted by atomic mass is 35.5. The van der Waals surface area contributed by atoms with Crippen LogP contribution in [-0.2, 0) is 10.1 Å². The van der Waals surface area contributed by atoms with Gasteiger partial charge in [-0.1, -0.05) is 11.6 Å². The molecule has 8 heteroatoms. The first-order chi connectivity index (χ1) is 10.4. The lowest BCUT2D eigenvalue weighted by molar-refractivity contribution is 0.390. The van der Waals surface area contributed by atoms with Crippen LogP contribution >= 0.6 is 11.6 Å². The number of ether oxygens (including phenoxy) is 1. The van der Waals surface area contributed by atoms with E-state index in [0.29, 0.717) is 0 Å². The number of methoxy groups -OCH3 is 1. The number of halogens is 2. The molecular formula is C14H9ClFNO4S. The Kier molecular flexibility index (Phi) is 4.54. The van der Waals surface area contributed by atoms with Crippen molar-refractivity contribution in [2.24, 2.45) is 0 Å². The van der Waals surface area contributed by atoms with Gasteiger partial charge in [0.2, 0.25) is 0 Å². The van der Waals surface area contributed by atoms with Crippen molar-refractivity contribution in [2.45, 2.75) is 4.90 Å².